The maximum absolute atomic E-state index is 6.36. The third kappa shape index (κ3) is 5.82. The van der Waals surface area contributed by atoms with E-state index in [0.717, 1.165) is 61.4 Å². The molecule has 0 radical (unpaired) electrons. The van der Waals surface area contributed by atoms with Gasteiger partial charge in [-0.3, -0.25) is 0 Å². The van der Waals surface area contributed by atoms with Crippen molar-refractivity contribution in [3.63, 3.8) is 0 Å². The van der Waals surface area contributed by atoms with Gasteiger partial charge >= 0.3 is 0 Å². The van der Waals surface area contributed by atoms with Crippen molar-refractivity contribution in [1.82, 2.24) is 4.57 Å². The van der Waals surface area contributed by atoms with Crippen LogP contribution in [0.5, 0.6) is 0 Å². The molecule has 0 fully saturated rings. The second kappa shape index (κ2) is 14.3. The van der Waals surface area contributed by atoms with E-state index < -0.39 is 0 Å². The van der Waals surface area contributed by atoms with Crippen LogP contribution in [0.4, 0.5) is 17.1 Å². The van der Waals surface area contributed by atoms with E-state index in [9.17, 15) is 0 Å². The molecule has 61 heavy (non-hydrogen) atoms. The summed E-state index contributed by atoms with van der Waals surface area (Å²) < 4.78 is 8.74. The smallest absolute Gasteiger partial charge is 0.136 e. The molecule has 2 heterocycles. The van der Waals surface area contributed by atoms with Gasteiger partial charge in [-0.05, 0) is 93.9 Å². The van der Waals surface area contributed by atoms with E-state index in [1.54, 1.807) is 0 Å². The predicted octanol–water partition coefficient (Wildman–Crippen LogP) is 16.3. The van der Waals surface area contributed by atoms with Crippen molar-refractivity contribution in [3.05, 3.63) is 231 Å². The lowest BCUT2D eigenvalue weighted by Gasteiger charge is -2.29. The first-order valence-corrected chi connectivity index (χ1v) is 20.8. The van der Waals surface area contributed by atoms with E-state index in [1.165, 1.54) is 49.3 Å². The topological polar surface area (TPSA) is 21.3 Å². The molecule has 0 aliphatic rings. The number of hydrogen-bond donors (Lipinski definition) is 0. The third-order valence-electron chi connectivity index (χ3n) is 12.2. The number of rotatable bonds is 7. The Morgan fingerprint density at radius 2 is 0.869 bits per heavy atom. The first-order valence-electron chi connectivity index (χ1n) is 20.8. The summed E-state index contributed by atoms with van der Waals surface area (Å²) in [5, 5.41) is 7.16. The average Bonchev–Trinajstić information content (AvgIpc) is 3.89. The number of furan rings is 1. The number of anilines is 3. The standard InChI is InChI=1S/C58H38N2O/c1-2-18-46-42(14-1)15-12-27-52(46)59(55-26-9-5-21-49(55)50-23-13-29-57-58(50)51-22-6-10-28-56(51)61-57)44-36-34-40(35-37-44)39-30-32-41(33-31-39)43-16-11-17-45(38-43)60-53-24-7-3-19-47(53)48-20-4-8-25-54(48)60/h1-38H. The van der Waals surface area contributed by atoms with Gasteiger partial charge in [0.2, 0.25) is 0 Å². The van der Waals surface area contributed by atoms with Crippen LogP contribution in [0.15, 0.2) is 235 Å². The van der Waals surface area contributed by atoms with Crippen molar-refractivity contribution >= 4 is 71.6 Å². The molecule has 0 bridgehead atoms. The van der Waals surface area contributed by atoms with E-state index in [4.69, 9.17) is 4.42 Å². The van der Waals surface area contributed by atoms with E-state index in [0.29, 0.717) is 0 Å². The van der Waals surface area contributed by atoms with Crippen LogP contribution < -0.4 is 4.90 Å². The molecule has 0 N–H and O–H groups in total. The van der Waals surface area contributed by atoms with Gasteiger partial charge in [-0.25, -0.2) is 0 Å². The zero-order chi connectivity index (χ0) is 40.3. The summed E-state index contributed by atoms with van der Waals surface area (Å²) in [6, 6.07) is 82.9. The number of benzene rings is 10. The first kappa shape index (κ1) is 34.9. The molecule has 10 aromatic carbocycles. The molecule has 0 unspecified atom stereocenters. The van der Waals surface area contributed by atoms with Gasteiger partial charge in [0, 0.05) is 43.9 Å². The van der Waals surface area contributed by atoms with Crippen LogP contribution in [-0.2, 0) is 0 Å². The minimum atomic E-state index is 0.886. The summed E-state index contributed by atoms with van der Waals surface area (Å²) in [5.74, 6) is 0. The third-order valence-corrected chi connectivity index (χ3v) is 12.2. The van der Waals surface area contributed by atoms with Crippen molar-refractivity contribution in [3.8, 4) is 39.1 Å². The lowest BCUT2D eigenvalue weighted by atomic mass is 9.96. The Morgan fingerprint density at radius 1 is 0.344 bits per heavy atom. The second-order valence-electron chi connectivity index (χ2n) is 15.7. The minimum absolute atomic E-state index is 0.886. The van der Waals surface area contributed by atoms with Gasteiger partial charge in [-0.15, -0.1) is 0 Å². The Bertz CT molecular complexity index is 3530. The van der Waals surface area contributed by atoms with Gasteiger partial charge in [0.25, 0.3) is 0 Å². The van der Waals surface area contributed by atoms with Gasteiger partial charge in [0.05, 0.1) is 22.4 Å². The van der Waals surface area contributed by atoms with Crippen LogP contribution in [0, 0.1) is 0 Å². The van der Waals surface area contributed by atoms with Crippen molar-refractivity contribution in [2.24, 2.45) is 0 Å². The fourth-order valence-corrected chi connectivity index (χ4v) is 9.39. The molecule has 0 aliphatic heterocycles. The van der Waals surface area contributed by atoms with Gasteiger partial charge < -0.3 is 13.9 Å². The molecule has 0 atom stereocenters. The maximum atomic E-state index is 6.36. The van der Waals surface area contributed by atoms with E-state index >= 15 is 0 Å². The predicted molar refractivity (Wildman–Crippen MR) is 257 cm³/mol. The summed E-state index contributed by atoms with van der Waals surface area (Å²) in [6.45, 7) is 0. The van der Waals surface area contributed by atoms with Crippen LogP contribution in [0.3, 0.4) is 0 Å². The molecule has 12 rings (SSSR count). The number of para-hydroxylation sites is 4. The molecule has 2 aromatic heterocycles. The zero-order valence-corrected chi connectivity index (χ0v) is 33.2. The highest BCUT2D eigenvalue weighted by Crippen LogP contribution is 2.46. The summed E-state index contributed by atoms with van der Waals surface area (Å²) in [6.07, 6.45) is 0. The Balaban J connectivity index is 0.929. The number of nitrogens with zero attached hydrogens (tertiary/aromatic N) is 2. The van der Waals surface area contributed by atoms with Crippen molar-refractivity contribution in [1.29, 1.82) is 0 Å². The summed E-state index contributed by atoms with van der Waals surface area (Å²) >= 11 is 0. The molecule has 0 amide bonds. The van der Waals surface area contributed by atoms with Gasteiger partial charge in [0.1, 0.15) is 11.2 Å². The van der Waals surface area contributed by atoms with Crippen LogP contribution >= 0.6 is 0 Å². The van der Waals surface area contributed by atoms with Gasteiger partial charge in [-0.2, -0.15) is 0 Å². The highest BCUT2D eigenvalue weighted by Gasteiger charge is 2.22. The molecule has 0 saturated heterocycles. The van der Waals surface area contributed by atoms with Crippen LogP contribution in [0.1, 0.15) is 0 Å². The van der Waals surface area contributed by atoms with Crippen LogP contribution in [0.2, 0.25) is 0 Å². The Morgan fingerprint density at radius 3 is 1.64 bits per heavy atom. The Kier molecular flexibility index (Phi) is 8.17. The quantitative estimate of drug-likeness (QED) is 0.161. The molecule has 286 valence electrons. The average molecular weight is 779 g/mol. The molecule has 0 aliphatic carbocycles. The molecule has 3 nitrogen and oxygen atoms in total. The van der Waals surface area contributed by atoms with Gasteiger partial charge in [0.15, 0.2) is 0 Å². The van der Waals surface area contributed by atoms with Crippen molar-refractivity contribution in [2.75, 3.05) is 4.90 Å². The number of fused-ring (bicyclic) bond motifs is 7. The van der Waals surface area contributed by atoms with E-state index in [2.05, 4.69) is 228 Å². The SMILES string of the molecule is c1cc(-c2ccc(-c3ccc(N(c4ccccc4-c4cccc5oc6ccccc6c45)c4cccc5ccccc45)cc3)cc2)cc(-n2c3ccccc3c3ccccc32)c1. The summed E-state index contributed by atoms with van der Waals surface area (Å²) in [5.41, 5.74) is 15.6. The fourth-order valence-electron chi connectivity index (χ4n) is 9.39. The highest BCUT2D eigenvalue weighted by molar-refractivity contribution is 6.14. The number of aromatic nitrogens is 1. The maximum Gasteiger partial charge on any atom is 0.136 e. The Hall–Kier alpha value is -8.14. The van der Waals surface area contributed by atoms with Crippen molar-refractivity contribution in [2.45, 2.75) is 0 Å². The molecule has 3 heteroatoms. The summed E-state index contributed by atoms with van der Waals surface area (Å²) in [7, 11) is 0. The molecule has 0 saturated carbocycles. The molecule has 12 aromatic rings. The lowest BCUT2D eigenvalue weighted by Crippen LogP contribution is -2.11. The highest BCUT2D eigenvalue weighted by atomic mass is 16.3. The monoisotopic (exact) mass is 778 g/mol. The van der Waals surface area contributed by atoms with E-state index in [1.807, 2.05) is 12.1 Å². The second-order valence-corrected chi connectivity index (χ2v) is 15.7. The largest absolute Gasteiger partial charge is 0.456 e. The molecule has 0 spiro atoms. The van der Waals surface area contributed by atoms with Crippen LogP contribution in [0.25, 0.3) is 93.6 Å². The first-order chi connectivity index (χ1) is 30.3. The Labute approximate surface area is 353 Å². The zero-order valence-electron chi connectivity index (χ0n) is 33.2. The molecular formula is C58H38N2O. The van der Waals surface area contributed by atoms with Crippen LogP contribution in [-0.4, -0.2) is 4.57 Å². The summed E-state index contributed by atoms with van der Waals surface area (Å²) in [4.78, 5) is 2.41. The van der Waals surface area contributed by atoms with Gasteiger partial charge in [-0.1, -0.05) is 170 Å². The lowest BCUT2D eigenvalue weighted by molar-refractivity contribution is 0.669. The van der Waals surface area contributed by atoms with E-state index in [-0.39, 0.29) is 0 Å². The number of hydrogen-bond acceptors (Lipinski definition) is 2. The fraction of sp³-hybridized carbons (Fsp3) is 0. The normalized spacial score (nSPS) is 11.6. The van der Waals surface area contributed by atoms with Crippen molar-refractivity contribution < 1.29 is 4.42 Å². The minimum Gasteiger partial charge on any atom is -0.456 e. The molecular weight excluding hydrogens is 741 g/mol.